The van der Waals surface area contributed by atoms with Crippen molar-refractivity contribution < 1.29 is 9.13 Å². The van der Waals surface area contributed by atoms with Gasteiger partial charge in [-0.2, -0.15) is 0 Å². The molecule has 2 unspecified atom stereocenters. The SMILES string of the molecule is CNC(c1ccc(F)c(Br)c1)C1CCCOC1. The number of benzene rings is 1. The van der Waals surface area contributed by atoms with Gasteiger partial charge in [-0.1, -0.05) is 6.07 Å². The largest absolute Gasteiger partial charge is 0.381 e. The topological polar surface area (TPSA) is 21.3 Å². The molecule has 2 rings (SSSR count). The van der Waals surface area contributed by atoms with E-state index >= 15 is 0 Å². The molecule has 0 aromatic heterocycles. The third-order valence-corrected chi connectivity index (χ3v) is 3.89. The molecule has 1 fully saturated rings. The van der Waals surface area contributed by atoms with Gasteiger partial charge in [0.25, 0.3) is 0 Å². The van der Waals surface area contributed by atoms with E-state index < -0.39 is 0 Å². The summed E-state index contributed by atoms with van der Waals surface area (Å²) >= 11 is 3.23. The van der Waals surface area contributed by atoms with Crippen LogP contribution >= 0.6 is 15.9 Å². The lowest BCUT2D eigenvalue weighted by atomic mass is 9.89. The normalized spacial score (nSPS) is 22.4. The van der Waals surface area contributed by atoms with Gasteiger partial charge in [-0.05, 0) is 53.5 Å². The summed E-state index contributed by atoms with van der Waals surface area (Å²) < 4.78 is 19.3. The van der Waals surface area contributed by atoms with Gasteiger partial charge < -0.3 is 10.1 Å². The summed E-state index contributed by atoms with van der Waals surface area (Å²) in [5.74, 6) is 0.245. The zero-order valence-corrected chi connectivity index (χ0v) is 11.5. The van der Waals surface area contributed by atoms with Crippen molar-refractivity contribution in [2.75, 3.05) is 20.3 Å². The summed E-state index contributed by atoms with van der Waals surface area (Å²) in [6, 6.07) is 5.43. The first kappa shape index (κ1) is 13.0. The van der Waals surface area contributed by atoms with Crippen molar-refractivity contribution in [3.8, 4) is 0 Å². The lowest BCUT2D eigenvalue weighted by Gasteiger charge is -2.30. The number of hydrogen-bond donors (Lipinski definition) is 1. The van der Waals surface area contributed by atoms with Crippen LogP contribution in [0, 0.1) is 11.7 Å². The van der Waals surface area contributed by atoms with Crippen molar-refractivity contribution in [2.24, 2.45) is 5.92 Å². The minimum atomic E-state index is -0.219. The van der Waals surface area contributed by atoms with Gasteiger partial charge in [0.15, 0.2) is 0 Å². The second kappa shape index (κ2) is 5.94. The minimum absolute atomic E-state index is 0.219. The van der Waals surface area contributed by atoms with Crippen molar-refractivity contribution >= 4 is 15.9 Å². The maximum Gasteiger partial charge on any atom is 0.137 e. The van der Waals surface area contributed by atoms with Crippen molar-refractivity contribution in [3.63, 3.8) is 0 Å². The number of hydrogen-bond acceptors (Lipinski definition) is 2. The molecule has 1 N–H and O–H groups in total. The molecule has 1 aromatic carbocycles. The fourth-order valence-electron chi connectivity index (χ4n) is 2.41. The van der Waals surface area contributed by atoms with Crippen LogP contribution in [0.5, 0.6) is 0 Å². The van der Waals surface area contributed by atoms with Crippen LogP contribution in [0.3, 0.4) is 0 Å². The first-order valence-electron chi connectivity index (χ1n) is 5.92. The standard InChI is InChI=1S/C13H17BrFNO/c1-16-13(10-3-2-6-17-8-10)9-4-5-12(15)11(14)7-9/h4-5,7,10,13,16H,2-3,6,8H2,1H3. The molecule has 1 aromatic rings. The Morgan fingerprint density at radius 3 is 2.94 bits per heavy atom. The van der Waals surface area contributed by atoms with Crippen LogP contribution in [-0.2, 0) is 4.74 Å². The van der Waals surface area contributed by atoms with Gasteiger partial charge in [-0.15, -0.1) is 0 Å². The Hall–Kier alpha value is -0.450. The third-order valence-electron chi connectivity index (χ3n) is 3.28. The van der Waals surface area contributed by atoms with Crippen LogP contribution in [0.25, 0.3) is 0 Å². The highest BCUT2D eigenvalue weighted by Gasteiger charge is 2.24. The molecule has 0 spiro atoms. The van der Waals surface area contributed by atoms with Crippen LogP contribution in [0.15, 0.2) is 22.7 Å². The molecule has 1 heterocycles. The molecule has 4 heteroatoms. The van der Waals surface area contributed by atoms with Crippen LogP contribution in [0.4, 0.5) is 4.39 Å². The van der Waals surface area contributed by atoms with E-state index in [1.165, 1.54) is 6.07 Å². The quantitative estimate of drug-likeness (QED) is 0.925. The van der Waals surface area contributed by atoms with E-state index in [0.717, 1.165) is 31.6 Å². The lowest BCUT2D eigenvalue weighted by molar-refractivity contribution is 0.0402. The molecule has 0 radical (unpaired) electrons. The molecular weight excluding hydrogens is 285 g/mol. The highest BCUT2D eigenvalue weighted by atomic mass is 79.9. The molecule has 2 nitrogen and oxygen atoms in total. The lowest BCUT2D eigenvalue weighted by Crippen LogP contribution is -2.31. The summed E-state index contributed by atoms with van der Waals surface area (Å²) in [4.78, 5) is 0. The number of nitrogens with one attached hydrogen (secondary N) is 1. The van der Waals surface area contributed by atoms with Gasteiger partial charge in [0.1, 0.15) is 5.82 Å². The summed E-state index contributed by atoms with van der Waals surface area (Å²) in [5.41, 5.74) is 1.11. The Bertz CT molecular complexity index is 380. The molecule has 2 atom stereocenters. The van der Waals surface area contributed by atoms with Crippen LogP contribution < -0.4 is 5.32 Å². The molecule has 0 aliphatic carbocycles. The Labute approximate surface area is 110 Å². The molecule has 0 saturated carbocycles. The van der Waals surface area contributed by atoms with Crippen molar-refractivity contribution in [2.45, 2.75) is 18.9 Å². The van der Waals surface area contributed by atoms with Gasteiger partial charge in [0, 0.05) is 18.6 Å². The molecule has 1 aliphatic heterocycles. The van der Waals surface area contributed by atoms with Crippen molar-refractivity contribution in [1.82, 2.24) is 5.32 Å². The predicted molar refractivity (Wildman–Crippen MR) is 69.4 cm³/mol. The van der Waals surface area contributed by atoms with E-state index in [1.54, 1.807) is 0 Å². The Balaban J connectivity index is 2.18. The predicted octanol–water partition coefficient (Wildman–Crippen LogP) is 3.28. The number of rotatable bonds is 3. The molecule has 0 amide bonds. The van der Waals surface area contributed by atoms with Gasteiger partial charge in [-0.3, -0.25) is 0 Å². The number of ether oxygens (including phenoxy) is 1. The Morgan fingerprint density at radius 1 is 1.53 bits per heavy atom. The van der Waals surface area contributed by atoms with E-state index in [4.69, 9.17) is 4.74 Å². The first-order valence-corrected chi connectivity index (χ1v) is 6.71. The van der Waals surface area contributed by atoms with Gasteiger partial charge in [0.05, 0.1) is 11.1 Å². The van der Waals surface area contributed by atoms with E-state index in [0.29, 0.717) is 10.4 Å². The summed E-state index contributed by atoms with van der Waals surface area (Å²) in [6.07, 6.45) is 2.26. The number of halogens is 2. The van der Waals surface area contributed by atoms with E-state index in [9.17, 15) is 4.39 Å². The zero-order chi connectivity index (χ0) is 12.3. The van der Waals surface area contributed by atoms with Crippen molar-refractivity contribution in [3.05, 3.63) is 34.1 Å². The summed E-state index contributed by atoms with van der Waals surface area (Å²) in [7, 11) is 1.94. The smallest absolute Gasteiger partial charge is 0.137 e. The average molecular weight is 302 g/mol. The van der Waals surface area contributed by atoms with E-state index in [-0.39, 0.29) is 11.9 Å². The maximum absolute atomic E-state index is 13.2. The zero-order valence-electron chi connectivity index (χ0n) is 9.88. The Kier molecular flexibility index (Phi) is 4.54. The van der Waals surface area contributed by atoms with Crippen molar-refractivity contribution in [1.29, 1.82) is 0 Å². The first-order chi connectivity index (χ1) is 8.22. The van der Waals surface area contributed by atoms with Gasteiger partial charge in [0.2, 0.25) is 0 Å². The highest BCUT2D eigenvalue weighted by Crippen LogP contribution is 2.30. The molecular formula is C13H17BrFNO. The van der Waals surface area contributed by atoms with Crippen LogP contribution in [0.2, 0.25) is 0 Å². The van der Waals surface area contributed by atoms with Crippen LogP contribution in [-0.4, -0.2) is 20.3 Å². The molecule has 1 saturated heterocycles. The van der Waals surface area contributed by atoms with Gasteiger partial charge in [-0.25, -0.2) is 4.39 Å². The van der Waals surface area contributed by atoms with Gasteiger partial charge >= 0.3 is 0 Å². The maximum atomic E-state index is 13.2. The van der Waals surface area contributed by atoms with E-state index in [1.807, 2.05) is 19.2 Å². The minimum Gasteiger partial charge on any atom is -0.381 e. The van der Waals surface area contributed by atoms with E-state index in [2.05, 4.69) is 21.2 Å². The third kappa shape index (κ3) is 3.06. The van der Waals surface area contributed by atoms with Crippen LogP contribution in [0.1, 0.15) is 24.4 Å². The summed E-state index contributed by atoms with van der Waals surface area (Å²) in [5, 5.41) is 3.31. The fourth-order valence-corrected chi connectivity index (χ4v) is 2.81. The molecule has 17 heavy (non-hydrogen) atoms. The molecule has 0 bridgehead atoms. The second-order valence-corrected chi connectivity index (χ2v) is 5.27. The average Bonchev–Trinajstić information content (AvgIpc) is 2.36. The molecule has 94 valence electrons. The summed E-state index contributed by atoms with van der Waals surface area (Å²) in [6.45, 7) is 1.64. The monoisotopic (exact) mass is 301 g/mol. The second-order valence-electron chi connectivity index (χ2n) is 4.42. The fraction of sp³-hybridized carbons (Fsp3) is 0.538. The molecule has 1 aliphatic rings. The Morgan fingerprint density at radius 2 is 2.35 bits per heavy atom. The highest BCUT2D eigenvalue weighted by molar-refractivity contribution is 9.10.